The summed E-state index contributed by atoms with van der Waals surface area (Å²) in [6.07, 6.45) is 0. The van der Waals surface area contributed by atoms with E-state index < -0.39 is 21.4 Å². The van der Waals surface area contributed by atoms with Crippen molar-refractivity contribution in [3.63, 3.8) is 0 Å². The highest BCUT2D eigenvalue weighted by molar-refractivity contribution is 7.85. The zero-order valence-corrected chi connectivity index (χ0v) is 10.9. The largest absolute Gasteiger partial charge is 0.454 e. The van der Waals surface area contributed by atoms with Crippen LogP contribution in [-0.4, -0.2) is 18.1 Å². The fourth-order valence-electron chi connectivity index (χ4n) is 1.54. The van der Waals surface area contributed by atoms with Crippen LogP contribution in [0.2, 0.25) is 0 Å². The number of halogens is 1. The molecule has 0 aliphatic heterocycles. The lowest BCUT2D eigenvalue weighted by Crippen LogP contribution is -2.11. The van der Waals surface area contributed by atoms with E-state index in [4.69, 9.17) is 9.29 Å². The van der Waals surface area contributed by atoms with Crippen LogP contribution in [0.15, 0.2) is 48.5 Å². The predicted molar refractivity (Wildman–Crippen MR) is 69.4 cm³/mol. The van der Waals surface area contributed by atoms with Crippen molar-refractivity contribution in [2.24, 2.45) is 0 Å². The van der Waals surface area contributed by atoms with Gasteiger partial charge in [-0.1, -0.05) is 24.3 Å². The Morgan fingerprint density at radius 1 is 1.10 bits per heavy atom. The first-order valence-corrected chi connectivity index (χ1v) is 7.05. The van der Waals surface area contributed by atoms with Crippen LogP contribution in [0.4, 0.5) is 4.39 Å². The predicted octanol–water partition coefficient (Wildman–Crippen LogP) is 2.50. The van der Waals surface area contributed by atoms with E-state index in [9.17, 15) is 17.9 Å². The molecule has 5 nitrogen and oxygen atoms in total. The van der Waals surface area contributed by atoms with Crippen molar-refractivity contribution >= 4 is 10.1 Å². The minimum atomic E-state index is -4.68. The Balaban J connectivity index is 2.35. The summed E-state index contributed by atoms with van der Waals surface area (Å²) in [6, 6.07) is 11.3. The van der Waals surface area contributed by atoms with E-state index in [1.165, 1.54) is 0 Å². The maximum Gasteiger partial charge on any atom is 0.296 e. The lowest BCUT2D eigenvalue weighted by Gasteiger charge is -2.11. The molecule has 0 bridgehead atoms. The summed E-state index contributed by atoms with van der Waals surface area (Å²) in [6.45, 7) is 0. The van der Waals surface area contributed by atoms with E-state index >= 15 is 0 Å². The van der Waals surface area contributed by atoms with Crippen LogP contribution in [0.25, 0.3) is 0 Å². The van der Waals surface area contributed by atoms with Crippen LogP contribution in [0.3, 0.4) is 0 Å². The first kappa shape index (κ1) is 14.4. The third kappa shape index (κ3) is 3.32. The topological polar surface area (TPSA) is 83.8 Å². The minimum absolute atomic E-state index is 0.195. The summed E-state index contributed by atoms with van der Waals surface area (Å²) in [7, 11) is -4.68. The van der Waals surface area contributed by atoms with Gasteiger partial charge in [0.25, 0.3) is 10.1 Å². The van der Waals surface area contributed by atoms with Gasteiger partial charge in [0, 0.05) is 5.56 Å². The molecule has 7 heteroatoms. The molecule has 20 heavy (non-hydrogen) atoms. The number of hydrogen-bond donors (Lipinski definition) is 2. The van der Waals surface area contributed by atoms with E-state index in [-0.39, 0.29) is 11.3 Å². The van der Waals surface area contributed by atoms with Gasteiger partial charge in [-0.2, -0.15) is 8.42 Å². The van der Waals surface area contributed by atoms with E-state index in [2.05, 4.69) is 0 Å². The second-order valence-electron chi connectivity index (χ2n) is 3.97. The monoisotopic (exact) mass is 298 g/mol. The minimum Gasteiger partial charge on any atom is -0.454 e. The van der Waals surface area contributed by atoms with E-state index in [0.717, 1.165) is 18.2 Å². The van der Waals surface area contributed by atoms with Crippen molar-refractivity contribution in [3.8, 4) is 11.5 Å². The summed E-state index contributed by atoms with van der Waals surface area (Å²) in [5.41, 5.74) is -2.35. The van der Waals surface area contributed by atoms with Gasteiger partial charge in [0.1, 0.15) is 5.75 Å². The molecule has 0 aliphatic rings. The lowest BCUT2D eigenvalue weighted by molar-refractivity contribution is 0.238. The lowest BCUT2D eigenvalue weighted by atomic mass is 10.2. The Hall–Kier alpha value is -1.96. The normalized spacial score (nSPS) is 12.9. The number of hydrogen-bond acceptors (Lipinski definition) is 4. The number of aliphatic hydroxyl groups excluding tert-OH is 1. The highest BCUT2D eigenvalue weighted by Gasteiger charge is 2.23. The van der Waals surface area contributed by atoms with Gasteiger partial charge in [-0.3, -0.25) is 4.55 Å². The number of para-hydroxylation sites is 1. The van der Waals surface area contributed by atoms with Gasteiger partial charge in [0.2, 0.25) is 5.44 Å². The molecule has 0 aromatic heterocycles. The van der Waals surface area contributed by atoms with E-state index in [0.29, 0.717) is 5.75 Å². The Kier molecular flexibility index (Phi) is 4.03. The van der Waals surface area contributed by atoms with Crippen molar-refractivity contribution in [2.45, 2.75) is 5.44 Å². The molecule has 2 rings (SSSR count). The van der Waals surface area contributed by atoms with Gasteiger partial charge in [0.15, 0.2) is 11.6 Å². The molecule has 0 radical (unpaired) electrons. The average Bonchev–Trinajstić information content (AvgIpc) is 2.40. The smallest absolute Gasteiger partial charge is 0.296 e. The standard InChI is InChI=1S/C13H11FO5S/c14-11-7-6-9(13(15)20(16,17)18)8-12(11)19-10-4-2-1-3-5-10/h1-8,13,15H,(H,16,17,18). The molecule has 0 saturated heterocycles. The van der Waals surface area contributed by atoms with Gasteiger partial charge in [-0.05, 0) is 24.3 Å². The van der Waals surface area contributed by atoms with Crippen LogP contribution in [0, 0.1) is 5.82 Å². The molecule has 0 spiro atoms. The molecule has 1 unspecified atom stereocenters. The Morgan fingerprint density at radius 3 is 2.35 bits per heavy atom. The van der Waals surface area contributed by atoms with Crippen LogP contribution in [-0.2, 0) is 10.1 Å². The van der Waals surface area contributed by atoms with Crippen LogP contribution >= 0.6 is 0 Å². The van der Waals surface area contributed by atoms with Crippen LogP contribution in [0.5, 0.6) is 11.5 Å². The van der Waals surface area contributed by atoms with Gasteiger partial charge in [-0.15, -0.1) is 0 Å². The highest BCUT2D eigenvalue weighted by atomic mass is 32.2. The number of rotatable bonds is 4. The van der Waals surface area contributed by atoms with Crippen molar-refractivity contribution in [2.75, 3.05) is 0 Å². The molecule has 0 saturated carbocycles. The Morgan fingerprint density at radius 2 is 1.75 bits per heavy atom. The molecule has 1 atom stereocenters. The molecule has 0 aliphatic carbocycles. The summed E-state index contributed by atoms with van der Waals surface area (Å²) < 4.78 is 49.3. The van der Waals surface area contributed by atoms with Gasteiger partial charge in [0.05, 0.1) is 0 Å². The van der Waals surface area contributed by atoms with Crippen molar-refractivity contribution < 1.29 is 27.2 Å². The van der Waals surface area contributed by atoms with Crippen LogP contribution < -0.4 is 4.74 Å². The third-order valence-corrected chi connectivity index (χ3v) is 3.33. The zero-order chi connectivity index (χ0) is 14.8. The number of aliphatic hydroxyl groups is 1. The summed E-state index contributed by atoms with van der Waals surface area (Å²) in [5.74, 6) is -0.624. The molecule has 2 aromatic carbocycles. The molecule has 0 fully saturated rings. The van der Waals surface area contributed by atoms with Crippen molar-refractivity contribution in [3.05, 3.63) is 59.9 Å². The molecule has 106 valence electrons. The van der Waals surface area contributed by atoms with Gasteiger partial charge >= 0.3 is 0 Å². The summed E-state index contributed by atoms with van der Waals surface area (Å²) >= 11 is 0. The molecular weight excluding hydrogens is 287 g/mol. The van der Waals surface area contributed by atoms with Gasteiger partial charge < -0.3 is 9.84 Å². The maximum atomic E-state index is 13.6. The molecule has 2 N–H and O–H groups in total. The van der Waals surface area contributed by atoms with Gasteiger partial charge in [-0.25, -0.2) is 4.39 Å². The average molecular weight is 298 g/mol. The quantitative estimate of drug-likeness (QED) is 0.847. The number of ether oxygens (including phenoxy) is 1. The van der Waals surface area contributed by atoms with Crippen molar-refractivity contribution in [1.82, 2.24) is 0 Å². The first-order chi connectivity index (χ1) is 9.38. The molecule has 0 heterocycles. The fourth-order valence-corrected chi connectivity index (χ4v) is 2.03. The SMILES string of the molecule is O=S(=O)(O)C(O)c1ccc(F)c(Oc2ccccc2)c1. The molecular formula is C13H11FO5S. The Labute approximate surface area is 115 Å². The second kappa shape index (κ2) is 5.58. The first-order valence-electron chi connectivity index (χ1n) is 5.54. The third-order valence-electron chi connectivity index (χ3n) is 2.49. The Bertz CT molecular complexity index is 700. The fraction of sp³-hybridized carbons (Fsp3) is 0.0769. The summed E-state index contributed by atoms with van der Waals surface area (Å²) in [4.78, 5) is 0. The second-order valence-corrected chi connectivity index (χ2v) is 5.45. The molecule has 0 amide bonds. The van der Waals surface area contributed by atoms with Crippen molar-refractivity contribution in [1.29, 1.82) is 0 Å². The van der Waals surface area contributed by atoms with Crippen LogP contribution in [0.1, 0.15) is 11.0 Å². The maximum absolute atomic E-state index is 13.6. The van der Waals surface area contributed by atoms with E-state index in [1.54, 1.807) is 30.3 Å². The number of benzene rings is 2. The molecule has 2 aromatic rings. The van der Waals surface area contributed by atoms with E-state index in [1.807, 2.05) is 0 Å². The zero-order valence-electron chi connectivity index (χ0n) is 10.1. The summed E-state index contributed by atoms with van der Waals surface area (Å²) in [5, 5.41) is 9.42. The highest BCUT2D eigenvalue weighted by Crippen LogP contribution is 2.28.